The van der Waals surface area contributed by atoms with Crippen LogP contribution < -0.4 is 4.72 Å². The summed E-state index contributed by atoms with van der Waals surface area (Å²) in [5, 5.41) is 1.76. The van der Waals surface area contributed by atoms with Crippen LogP contribution in [0.25, 0.3) is 10.9 Å². The smallest absolute Gasteiger partial charge is 0.250 e. The molecule has 1 aliphatic rings. The van der Waals surface area contributed by atoms with E-state index in [9.17, 15) is 8.42 Å². The number of aryl methyl sites for hydroxylation is 1. The molecule has 4 nitrogen and oxygen atoms in total. The first-order valence-corrected chi connectivity index (χ1v) is 10.4. The van der Waals surface area contributed by atoms with Crippen LogP contribution in [0.3, 0.4) is 0 Å². The van der Waals surface area contributed by atoms with Crippen molar-refractivity contribution >= 4 is 43.9 Å². The number of rotatable bonds is 5. The van der Waals surface area contributed by atoms with Crippen molar-refractivity contribution in [3.63, 3.8) is 0 Å². The van der Waals surface area contributed by atoms with Crippen LogP contribution in [-0.2, 0) is 15.4 Å². The third kappa shape index (κ3) is 2.77. The van der Waals surface area contributed by atoms with Crippen molar-refractivity contribution in [2.24, 2.45) is 0 Å². The van der Waals surface area contributed by atoms with Gasteiger partial charge >= 0.3 is 0 Å². The number of H-pyrrole nitrogens is 1. The molecule has 1 aromatic carbocycles. The second-order valence-electron chi connectivity index (χ2n) is 6.36. The Morgan fingerprint density at radius 2 is 2.08 bits per heavy atom. The zero-order valence-electron chi connectivity index (χ0n) is 13.1. The van der Waals surface area contributed by atoms with Crippen LogP contribution in [0.15, 0.2) is 40.7 Å². The van der Waals surface area contributed by atoms with Gasteiger partial charge in [0.25, 0.3) is 0 Å². The average molecular weight is 381 g/mol. The molecule has 0 atom stereocenters. The standard InChI is InChI=1S/C17H17ClN2O2S2/c1-11-2-5-16(23-11)24(21,22)20-10-17(6-7-17)14-9-19-15-4-3-12(18)8-13(14)15/h2-5,8-9,19-20H,6-7,10H2,1H3. The summed E-state index contributed by atoms with van der Waals surface area (Å²) in [6.45, 7) is 2.31. The van der Waals surface area contributed by atoms with Gasteiger partial charge in [-0.2, -0.15) is 0 Å². The van der Waals surface area contributed by atoms with Gasteiger partial charge in [0.2, 0.25) is 10.0 Å². The number of hydrogen-bond acceptors (Lipinski definition) is 3. The summed E-state index contributed by atoms with van der Waals surface area (Å²) >= 11 is 7.42. The van der Waals surface area contributed by atoms with Crippen LogP contribution >= 0.6 is 22.9 Å². The van der Waals surface area contributed by atoms with Gasteiger partial charge in [-0.15, -0.1) is 11.3 Å². The van der Waals surface area contributed by atoms with Gasteiger partial charge in [0.05, 0.1) is 0 Å². The summed E-state index contributed by atoms with van der Waals surface area (Å²) in [7, 11) is -3.45. The Bertz CT molecular complexity index is 1020. The van der Waals surface area contributed by atoms with Gasteiger partial charge < -0.3 is 4.98 Å². The molecule has 126 valence electrons. The van der Waals surface area contributed by atoms with E-state index in [1.54, 1.807) is 6.07 Å². The highest BCUT2D eigenvalue weighted by molar-refractivity contribution is 7.91. The molecule has 0 radical (unpaired) electrons. The van der Waals surface area contributed by atoms with E-state index in [0.29, 0.717) is 15.8 Å². The van der Waals surface area contributed by atoms with Crippen LogP contribution in [-0.4, -0.2) is 19.9 Å². The van der Waals surface area contributed by atoms with E-state index in [1.807, 2.05) is 37.4 Å². The number of hydrogen-bond donors (Lipinski definition) is 2. The van der Waals surface area contributed by atoms with Gasteiger partial charge in [0.1, 0.15) is 4.21 Å². The molecule has 0 aliphatic heterocycles. The Labute approximate surface area is 149 Å². The Morgan fingerprint density at radius 1 is 1.29 bits per heavy atom. The van der Waals surface area contributed by atoms with E-state index in [-0.39, 0.29) is 5.41 Å². The molecule has 1 aliphatic carbocycles. The fourth-order valence-corrected chi connectivity index (χ4v) is 5.71. The molecule has 0 spiro atoms. The van der Waals surface area contributed by atoms with E-state index >= 15 is 0 Å². The highest BCUT2D eigenvalue weighted by Crippen LogP contribution is 2.50. The van der Waals surface area contributed by atoms with E-state index < -0.39 is 10.0 Å². The first-order valence-electron chi connectivity index (χ1n) is 7.73. The minimum absolute atomic E-state index is 0.137. The Morgan fingerprint density at radius 3 is 2.75 bits per heavy atom. The van der Waals surface area contributed by atoms with Crippen molar-refractivity contribution < 1.29 is 8.42 Å². The summed E-state index contributed by atoms with van der Waals surface area (Å²) in [4.78, 5) is 4.25. The zero-order chi connectivity index (χ0) is 16.9. The third-order valence-corrected chi connectivity index (χ3v) is 7.78. The summed E-state index contributed by atoms with van der Waals surface area (Å²) < 4.78 is 28.1. The number of sulfonamides is 1. The molecule has 4 rings (SSSR count). The number of nitrogens with one attached hydrogen (secondary N) is 2. The summed E-state index contributed by atoms with van der Waals surface area (Å²) in [5.74, 6) is 0. The van der Waals surface area contributed by atoms with Crippen LogP contribution in [0, 0.1) is 6.92 Å². The second-order valence-corrected chi connectivity index (χ2v) is 10.1. The number of aromatic nitrogens is 1. The Balaban J connectivity index is 1.61. The molecule has 0 unspecified atom stereocenters. The molecule has 2 heterocycles. The van der Waals surface area contributed by atoms with E-state index in [0.717, 1.165) is 34.2 Å². The molecule has 2 N–H and O–H groups in total. The zero-order valence-corrected chi connectivity index (χ0v) is 15.5. The lowest BCUT2D eigenvalue weighted by Crippen LogP contribution is -2.31. The Kier molecular flexibility index (Phi) is 3.76. The second kappa shape index (κ2) is 5.59. The highest BCUT2D eigenvalue weighted by atomic mass is 35.5. The summed E-state index contributed by atoms with van der Waals surface area (Å²) in [6.07, 6.45) is 3.93. The number of benzene rings is 1. The van der Waals surface area contributed by atoms with E-state index in [4.69, 9.17) is 11.6 Å². The topological polar surface area (TPSA) is 62.0 Å². The summed E-state index contributed by atoms with van der Waals surface area (Å²) in [5.41, 5.74) is 2.03. The number of thiophene rings is 1. The van der Waals surface area contributed by atoms with Crippen molar-refractivity contribution in [2.45, 2.75) is 29.4 Å². The van der Waals surface area contributed by atoms with E-state index in [2.05, 4.69) is 9.71 Å². The van der Waals surface area contributed by atoms with Gasteiger partial charge in [-0.1, -0.05) is 11.6 Å². The highest BCUT2D eigenvalue weighted by Gasteiger charge is 2.46. The number of fused-ring (bicyclic) bond motifs is 1. The predicted octanol–water partition coefficient (Wildman–Crippen LogP) is 4.20. The lowest BCUT2D eigenvalue weighted by Gasteiger charge is -2.15. The molecular formula is C17H17ClN2O2S2. The predicted molar refractivity (Wildman–Crippen MR) is 98.5 cm³/mol. The quantitative estimate of drug-likeness (QED) is 0.696. The van der Waals surface area contributed by atoms with Crippen LogP contribution in [0.4, 0.5) is 0 Å². The minimum Gasteiger partial charge on any atom is -0.361 e. The maximum absolute atomic E-state index is 12.5. The SMILES string of the molecule is Cc1ccc(S(=O)(=O)NCC2(c3c[nH]c4ccc(Cl)cc34)CC2)s1. The van der Waals surface area contributed by atoms with Gasteiger partial charge in [0.15, 0.2) is 0 Å². The number of halogens is 1. The maximum atomic E-state index is 12.5. The molecule has 24 heavy (non-hydrogen) atoms. The number of aromatic amines is 1. The van der Waals surface area contributed by atoms with Gasteiger partial charge in [-0.25, -0.2) is 13.1 Å². The largest absolute Gasteiger partial charge is 0.361 e. The van der Waals surface area contributed by atoms with Crippen molar-refractivity contribution in [3.05, 3.63) is 52.0 Å². The first-order chi connectivity index (χ1) is 11.4. The molecule has 2 aromatic heterocycles. The van der Waals surface area contributed by atoms with Gasteiger partial charge in [0, 0.05) is 39.0 Å². The van der Waals surface area contributed by atoms with Crippen molar-refractivity contribution in [1.29, 1.82) is 0 Å². The normalized spacial score (nSPS) is 16.6. The molecular weight excluding hydrogens is 364 g/mol. The molecule has 1 fully saturated rings. The van der Waals surface area contributed by atoms with Crippen LogP contribution in [0.2, 0.25) is 5.02 Å². The fraction of sp³-hybridized carbons (Fsp3) is 0.294. The molecule has 7 heteroatoms. The molecule has 3 aromatic rings. The molecule has 0 saturated heterocycles. The third-order valence-electron chi connectivity index (χ3n) is 4.65. The molecule has 1 saturated carbocycles. The molecule has 0 bridgehead atoms. The van der Waals surface area contributed by atoms with Gasteiger partial charge in [-0.3, -0.25) is 0 Å². The van der Waals surface area contributed by atoms with E-state index in [1.165, 1.54) is 11.3 Å². The van der Waals surface area contributed by atoms with Crippen LogP contribution in [0.5, 0.6) is 0 Å². The van der Waals surface area contributed by atoms with Crippen LogP contribution in [0.1, 0.15) is 23.3 Å². The first kappa shape index (κ1) is 16.1. The lowest BCUT2D eigenvalue weighted by atomic mass is 9.96. The maximum Gasteiger partial charge on any atom is 0.250 e. The fourth-order valence-electron chi connectivity index (χ4n) is 3.08. The Hall–Kier alpha value is -1.34. The summed E-state index contributed by atoms with van der Waals surface area (Å²) in [6, 6.07) is 9.24. The van der Waals surface area contributed by atoms with Crippen molar-refractivity contribution in [2.75, 3.05) is 6.54 Å². The van der Waals surface area contributed by atoms with Crippen molar-refractivity contribution in [1.82, 2.24) is 9.71 Å². The van der Waals surface area contributed by atoms with Gasteiger partial charge in [-0.05, 0) is 55.7 Å². The minimum atomic E-state index is -3.45. The monoisotopic (exact) mass is 380 g/mol. The molecule has 0 amide bonds. The lowest BCUT2D eigenvalue weighted by molar-refractivity contribution is 0.569. The average Bonchev–Trinajstić information content (AvgIpc) is 2.98. The van der Waals surface area contributed by atoms with Crippen molar-refractivity contribution in [3.8, 4) is 0 Å².